The molecule has 0 atom stereocenters. The second kappa shape index (κ2) is 10.2. The van der Waals surface area contributed by atoms with Gasteiger partial charge in [0.25, 0.3) is 0 Å². The number of anilines is 2. The maximum atomic E-state index is 12.9. The number of pyridine rings is 1. The second-order valence-electron chi connectivity index (χ2n) is 9.13. The minimum atomic E-state index is -0.386. The summed E-state index contributed by atoms with van der Waals surface area (Å²) in [5.41, 5.74) is 5.84. The highest BCUT2D eigenvalue weighted by molar-refractivity contribution is 6.02. The number of hydrogen-bond donors (Lipinski definition) is 2. The van der Waals surface area contributed by atoms with E-state index < -0.39 is 0 Å². The zero-order chi connectivity index (χ0) is 24.2. The second-order valence-corrected chi connectivity index (χ2v) is 9.13. The molecule has 2 N–H and O–H groups in total. The Morgan fingerprint density at radius 2 is 1.79 bits per heavy atom. The van der Waals surface area contributed by atoms with Crippen molar-refractivity contribution in [1.82, 2.24) is 4.98 Å². The van der Waals surface area contributed by atoms with Crippen LogP contribution in [0.2, 0.25) is 0 Å². The van der Waals surface area contributed by atoms with Gasteiger partial charge in [-0.05, 0) is 81.0 Å². The molecule has 3 aromatic rings. The number of rotatable bonds is 9. The number of ether oxygens (including phenoxy) is 2. The van der Waals surface area contributed by atoms with Crippen LogP contribution in [0.4, 0.5) is 11.5 Å². The molecule has 6 nitrogen and oxygen atoms in total. The van der Waals surface area contributed by atoms with Gasteiger partial charge >= 0.3 is 5.97 Å². The lowest BCUT2D eigenvalue weighted by Crippen LogP contribution is -2.11. The number of carbonyl (C=O) groups is 1. The Bertz CT molecular complexity index is 1150. The Hall–Kier alpha value is -3.54. The summed E-state index contributed by atoms with van der Waals surface area (Å²) in [7, 11) is 3.06. The monoisotopic (exact) mass is 459 g/mol. The van der Waals surface area contributed by atoms with E-state index in [1.807, 2.05) is 25.1 Å². The minimum absolute atomic E-state index is 0.279. The lowest BCUT2D eigenvalue weighted by Gasteiger charge is -2.19. The van der Waals surface area contributed by atoms with Crippen LogP contribution in [0.15, 0.2) is 48.7 Å². The lowest BCUT2D eigenvalue weighted by atomic mass is 9.89. The van der Waals surface area contributed by atoms with Crippen LogP contribution in [0.5, 0.6) is 5.75 Å². The van der Waals surface area contributed by atoms with Gasteiger partial charge in [-0.3, -0.25) is 0 Å². The summed E-state index contributed by atoms with van der Waals surface area (Å²) in [5.74, 6) is 1.91. The number of methoxy groups -OCH3 is 2. The van der Waals surface area contributed by atoms with E-state index >= 15 is 0 Å². The molecule has 178 valence electrons. The van der Waals surface area contributed by atoms with Crippen molar-refractivity contribution in [3.05, 3.63) is 59.8 Å². The molecule has 1 aromatic heterocycles. The average Bonchev–Trinajstić information content (AvgIpc) is 3.67. The molecule has 0 radical (unpaired) electrons. The number of hydrogen-bond acceptors (Lipinski definition) is 6. The molecule has 1 heterocycles. The standard InChI is InChI=1S/C28H33N3O3/c1-17(2)31-25-13-10-21(16-30-25)23-14-24(33-4)26(18(3)27(23)28(32)34-5)20-8-11-22(12-9-20)29-15-19-6-7-19/h8-14,16-17,19,29H,6-7,15H2,1-5H3,(H,30,31). The van der Waals surface area contributed by atoms with Gasteiger partial charge in [0.05, 0.1) is 19.8 Å². The predicted octanol–water partition coefficient (Wildman–Crippen LogP) is 6.16. The maximum absolute atomic E-state index is 12.9. The molecule has 1 aliphatic rings. The van der Waals surface area contributed by atoms with Gasteiger partial charge in [-0.1, -0.05) is 12.1 Å². The van der Waals surface area contributed by atoms with Gasteiger partial charge in [0.2, 0.25) is 0 Å². The van der Waals surface area contributed by atoms with Gasteiger partial charge in [-0.2, -0.15) is 0 Å². The highest BCUT2D eigenvalue weighted by atomic mass is 16.5. The summed E-state index contributed by atoms with van der Waals surface area (Å²) in [6, 6.07) is 14.3. The Morgan fingerprint density at radius 1 is 1.09 bits per heavy atom. The SMILES string of the molecule is COC(=O)c1c(-c2ccc(NC(C)C)nc2)cc(OC)c(-c2ccc(NCC3CC3)cc2)c1C. The molecule has 0 spiro atoms. The van der Waals surface area contributed by atoms with Gasteiger partial charge < -0.3 is 20.1 Å². The first kappa shape index (κ1) is 23.6. The van der Waals surface area contributed by atoms with Gasteiger partial charge in [-0.15, -0.1) is 0 Å². The van der Waals surface area contributed by atoms with E-state index in [0.717, 1.165) is 51.8 Å². The van der Waals surface area contributed by atoms with Gasteiger partial charge in [0, 0.05) is 41.2 Å². The van der Waals surface area contributed by atoms with Gasteiger partial charge in [0.15, 0.2) is 0 Å². The number of nitrogens with one attached hydrogen (secondary N) is 2. The molecule has 1 saturated carbocycles. The van der Waals surface area contributed by atoms with E-state index in [9.17, 15) is 4.79 Å². The van der Waals surface area contributed by atoms with Crippen LogP contribution in [0, 0.1) is 12.8 Å². The third kappa shape index (κ3) is 5.16. The quantitative estimate of drug-likeness (QED) is 0.373. The fourth-order valence-corrected chi connectivity index (χ4v) is 4.17. The molecule has 4 rings (SSSR count). The van der Waals surface area contributed by atoms with E-state index in [1.165, 1.54) is 20.0 Å². The average molecular weight is 460 g/mol. The van der Waals surface area contributed by atoms with Crippen molar-refractivity contribution in [2.24, 2.45) is 5.92 Å². The molecule has 2 aromatic carbocycles. The molecule has 0 amide bonds. The fraction of sp³-hybridized carbons (Fsp3) is 0.357. The number of carbonyl (C=O) groups excluding carboxylic acids is 1. The first-order chi connectivity index (χ1) is 16.4. The van der Waals surface area contributed by atoms with Crippen LogP contribution in [-0.4, -0.2) is 37.8 Å². The molecule has 1 aliphatic carbocycles. The highest BCUT2D eigenvalue weighted by Gasteiger charge is 2.24. The van der Waals surface area contributed by atoms with E-state index in [0.29, 0.717) is 11.3 Å². The molecule has 0 saturated heterocycles. The maximum Gasteiger partial charge on any atom is 0.338 e. The van der Waals surface area contributed by atoms with E-state index in [-0.39, 0.29) is 12.0 Å². The van der Waals surface area contributed by atoms with Crippen molar-refractivity contribution in [3.63, 3.8) is 0 Å². The molecule has 0 bridgehead atoms. The normalized spacial score (nSPS) is 13.0. The van der Waals surface area contributed by atoms with Crippen LogP contribution in [-0.2, 0) is 4.74 Å². The summed E-state index contributed by atoms with van der Waals surface area (Å²) in [4.78, 5) is 17.4. The van der Waals surface area contributed by atoms with Crippen molar-refractivity contribution in [3.8, 4) is 28.0 Å². The molecule has 34 heavy (non-hydrogen) atoms. The number of nitrogens with zero attached hydrogens (tertiary/aromatic N) is 1. The van der Waals surface area contributed by atoms with E-state index in [4.69, 9.17) is 9.47 Å². The van der Waals surface area contributed by atoms with Crippen molar-refractivity contribution in [2.75, 3.05) is 31.4 Å². The fourth-order valence-electron chi connectivity index (χ4n) is 4.17. The molecule has 1 fully saturated rings. The third-order valence-electron chi connectivity index (χ3n) is 6.13. The Kier molecular flexibility index (Phi) is 7.06. The molecule has 6 heteroatoms. The number of esters is 1. The lowest BCUT2D eigenvalue weighted by molar-refractivity contribution is 0.0601. The van der Waals surface area contributed by atoms with Crippen LogP contribution < -0.4 is 15.4 Å². The zero-order valence-corrected chi connectivity index (χ0v) is 20.6. The van der Waals surface area contributed by atoms with E-state index in [2.05, 4.69) is 53.7 Å². The Morgan fingerprint density at radius 3 is 2.35 bits per heavy atom. The summed E-state index contributed by atoms with van der Waals surface area (Å²) in [6.45, 7) is 7.08. The molecule has 0 unspecified atom stereocenters. The summed E-state index contributed by atoms with van der Waals surface area (Å²) in [5, 5.41) is 6.78. The van der Waals surface area contributed by atoms with Crippen molar-refractivity contribution >= 4 is 17.5 Å². The first-order valence-electron chi connectivity index (χ1n) is 11.8. The highest BCUT2D eigenvalue weighted by Crippen LogP contribution is 2.41. The third-order valence-corrected chi connectivity index (χ3v) is 6.13. The number of aromatic nitrogens is 1. The topological polar surface area (TPSA) is 72.5 Å². The van der Waals surface area contributed by atoms with Crippen molar-refractivity contribution in [1.29, 1.82) is 0 Å². The molecular weight excluding hydrogens is 426 g/mol. The Balaban J connectivity index is 1.75. The minimum Gasteiger partial charge on any atom is -0.496 e. The van der Waals surface area contributed by atoms with Crippen LogP contribution >= 0.6 is 0 Å². The number of benzene rings is 2. The van der Waals surface area contributed by atoms with Gasteiger partial charge in [-0.25, -0.2) is 9.78 Å². The van der Waals surface area contributed by atoms with Crippen molar-refractivity contribution in [2.45, 2.75) is 39.7 Å². The van der Waals surface area contributed by atoms with Crippen molar-refractivity contribution < 1.29 is 14.3 Å². The van der Waals surface area contributed by atoms with Crippen LogP contribution in [0.1, 0.15) is 42.6 Å². The summed E-state index contributed by atoms with van der Waals surface area (Å²) >= 11 is 0. The largest absolute Gasteiger partial charge is 0.496 e. The first-order valence-corrected chi connectivity index (χ1v) is 11.8. The van der Waals surface area contributed by atoms with Crippen LogP contribution in [0.25, 0.3) is 22.3 Å². The predicted molar refractivity (Wildman–Crippen MR) is 138 cm³/mol. The Labute approximate surface area is 201 Å². The van der Waals surface area contributed by atoms with E-state index in [1.54, 1.807) is 13.3 Å². The summed E-state index contributed by atoms with van der Waals surface area (Å²) < 4.78 is 11.0. The smallest absolute Gasteiger partial charge is 0.338 e. The van der Waals surface area contributed by atoms with Gasteiger partial charge in [0.1, 0.15) is 11.6 Å². The van der Waals surface area contributed by atoms with Crippen LogP contribution in [0.3, 0.4) is 0 Å². The zero-order valence-electron chi connectivity index (χ0n) is 20.6. The summed E-state index contributed by atoms with van der Waals surface area (Å²) in [6.07, 6.45) is 4.40. The molecular formula is C28H33N3O3. The molecule has 0 aliphatic heterocycles.